The number of aromatic nitrogens is 2. The molecule has 1 atom stereocenters. The lowest BCUT2D eigenvalue weighted by atomic mass is 10.0. The predicted octanol–water partition coefficient (Wildman–Crippen LogP) is 5.03. The molecule has 1 aromatic heterocycles. The molecule has 0 spiro atoms. The van der Waals surface area contributed by atoms with Crippen molar-refractivity contribution in [3.63, 3.8) is 0 Å². The summed E-state index contributed by atoms with van der Waals surface area (Å²) in [6.45, 7) is 4.04. The van der Waals surface area contributed by atoms with Gasteiger partial charge in [-0.1, -0.05) is 24.3 Å². The minimum absolute atomic E-state index is 0.00563. The van der Waals surface area contributed by atoms with Gasteiger partial charge in [-0.15, -0.1) is 11.8 Å². The number of methoxy groups -OCH3 is 1. The Hall–Kier alpha value is -2.25. The zero-order valence-electron chi connectivity index (χ0n) is 15.8. The van der Waals surface area contributed by atoms with E-state index in [1.54, 1.807) is 18.9 Å². The number of fused-ring (bicyclic) bond motifs is 1. The van der Waals surface area contributed by atoms with E-state index in [1.165, 1.54) is 0 Å². The fourth-order valence-electron chi connectivity index (χ4n) is 3.47. The van der Waals surface area contributed by atoms with Gasteiger partial charge in [0.15, 0.2) is 0 Å². The summed E-state index contributed by atoms with van der Waals surface area (Å²) in [7, 11) is 1.65. The van der Waals surface area contributed by atoms with Crippen LogP contribution in [0.1, 0.15) is 27.6 Å². The summed E-state index contributed by atoms with van der Waals surface area (Å²) in [5.41, 5.74) is 5.11. The summed E-state index contributed by atoms with van der Waals surface area (Å²) >= 11 is 5.19. The van der Waals surface area contributed by atoms with Crippen molar-refractivity contribution in [1.29, 1.82) is 0 Å². The second-order valence-corrected chi connectivity index (χ2v) is 8.63. The van der Waals surface area contributed by atoms with Gasteiger partial charge in [-0.3, -0.25) is 4.79 Å². The van der Waals surface area contributed by atoms with Crippen LogP contribution in [-0.2, 0) is 4.79 Å². The zero-order valence-corrected chi connectivity index (χ0v) is 18.2. The normalized spacial score (nSPS) is 16.3. The standard InChI is InChI=1S/C21H20BrN3O2S/c1-12-6-4-5-7-16(12)25-21-19(13(2)24-25)20(28-11-18(26)23-21)14-8-9-17(27-3)15(22)10-14/h4-10,20H,11H2,1-3H3,(H,23,26)/t20-/m0/s1. The molecule has 1 N–H and O–H groups in total. The number of hydrogen-bond donors (Lipinski definition) is 1. The van der Waals surface area contributed by atoms with Crippen LogP contribution in [0.25, 0.3) is 5.69 Å². The summed E-state index contributed by atoms with van der Waals surface area (Å²) in [4.78, 5) is 12.5. The van der Waals surface area contributed by atoms with Gasteiger partial charge in [-0.2, -0.15) is 5.10 Å². The zero-order chi connectivity index (χ0) is 19.8. The van der Waals surface area contributed by atoms with Crippen molar-refractivity contribution in [2.24, 2.45) is 0 Å². The number of nitrogens with one attached hydrogen (secondary N) is 1. The maximum Gasteiger partial charge on any atom is 0.235 e. The molecule has 0 radical (unpaired) electrons. The molecule has 0 saturated carbocycles. The maximum atomic E-state index is 12.5. The van der Waals surface area contributed by atoms with Crippen LogP contribution >= 0.6 is 27.7 Å². The molecule has 0 saturated heterocycles. The Balaban J connectivity index is 1.89. The van der Waals surface area contributed by atoms with Gasteiger partial charge >= 0.3 is 0 Å². The van der Waals surface area contributed by atoms with Crippen molar-refractivity contribution in [1.82, 2.24) is 9.78 Å². The Kier molecular flexibility index (Phi) is 5.21. The average Bonchev–Trinajstić information content (AvgIpc) is 2.87. The quantitative estimate of drug-likeness (QED) is 0.598. The van der Waals surface area contributed by atoms with Crippen LogP contribution < -0.4 is 10.1 Å². The molecule has 4 rings (SSSR count). The van der Waals surface area contributed by atoms with Crippen LogP contribution in [0.2, 0.25) is 0 Å². The molecule has 28 heavy (non-hydrogen) atoms. The number of benzene rings is 2. The van der Waals surface area contributed by atoms with E-state index in [4.69, 9.17) is 9.84 Å². The summed E-state index contributed by atoms with van der Waals surface area (Å²) in [5.74, 6) is 1.90. The second kappa shape index (κ2) is 7.64. The first-order valence-electron chi connectivity index (χ1n) is 8.90. The second-order valence-electron chi connectivity index (χ2n) is 6.68. The SMILES string of the molecule is COc1ccc([C@@H]2SCC(=O)Nc3c2c(C)nn3-c2ccccc2C)cc1Br. The highest BCUT2D eigenvalue weighted by Gasteiger charge is 2.31. The molecule has 1 aliphatic rings. The molecule has 2 heterocycles. The molecule has 0 aliphatic carbocycles. The molecule has 0 unspecified atom stereocenters. The molecule has 0 fully saturated rings. The van der Waals surface area contributed by atoms with Crippen LogP contribution in [0, 0.1) is 13.8 Å². The highest BCUT2D eigenvalue weighted by Crippen LogP contribution is 2.45. The number of ether oxygens (including phenoxy) is 1. The number of para-hydroxylation sites is 1. The number of thioether (sulfide) groups is 1. The van der Waals surface area contributed by atoms with Crippen molar-refractivity contribution in [3.8, 4) is 11.4 Å². The number of carbonyl (C=O) groups excluding carboxylic acids is 1. The number of aryl methyl sites for hydroxylation is 2. The molecule has 2 aromatic carbocycles. The van der Waals surface area contributed by atoms with E-state index in [-0.39, 0.29) is 11.2 Å². The van der Waals surface area contributed by atoms with E-state index in [1.807, 2.05) is 54.9 Å². The highest BCUT2D eigenvalue weighted by atomic mass is 79.9. The lowest BCUT2D eigenvalue weighted by Crippen LogP contribution is -2.16. The number of rotatable bonds is 3. The summed E-state index contributed by atoms with van der Waals surface area (Å²) in [6, 6.07) is 14.1. The fraction of sp³-hybridized carbons (Fsp3) is 0.238. The van der Waals surface area contributed by atoms with Crippen LogP contribution in [0.4, 0.5) is 5.82 Å². The first-order valence-corrected chi connectivity index (χ1v) is 10.7. The molecular formula is C21H20BrN3O2S. The topological polar surface area (TPSA) is 56.1 Å². The Labute approximate surface area is 176 Å². The van der Waals surface area contributed by atoms with Gasteiger partial charge in [0.1, 0.15) is 11.6 Å². The number of nitrogens with zero attached hydrogens (tertiary/aromatic N) is 2. The van der Waals surface area contributed by atoms with Crippen LogP contribution in [-0.4, -0.2) is 28.6 Å². The van der Waals surface area contributed by atoms with E-state index in [9.17, 15) is 4.79 Å². The van der Waals surface area contributed by atoms with Gasteiger partial charge in [-0.25, -0.2) is 4.68 Å². The average molecular weight is 458 g/mol. The van der Waals surface area contributed by atoms with E-state index < -0.39 is 0 Å². The Bertz CT molecular complexity index is 1060. The van der Waals surface area contributed by atoms with E-state index in [0.717, 1.165) is 44.1 Å². The number of carbonyl (C=O) groups is 1. The van der Waals surface area contributed by atoms with Gasteiger partial charge in [0, 0.05) is 5.56 Å². The molecule has 0 bridgehead atoms. The lowest BCUT2D eigenvalue weighted by Gasteiger charge is -2.17. The van der Waals surface area contributed by atoms with E-state index >= 15 is 0 Å². The van der Waals surface area contributed by atoms with Crippen molar-refractivity contribution in [3.05, 3.63) is 69.3 Å². The third-order valence-corrected chi connectivity index (χ3v) is 6.72. The summed E-state index contributed by atoms with van der Waals surface area (Å²) in [5, 5.41) is 7.86. The number of amides is 1. The van der Waals surface area contributed by atoms with E-state index in [2.05, 4.69) is 27.3 Å². The van der Waals surface area contributed by atoms with Crippen LogP contribution in [0.3, 0.4) is 0 Å². The van der Waals surface area contributed by atoms with Crippen molar-refractivity contribution < 1.29 is 9.53 Å². The molecule has 144 valence electrons. The first kappa shape index (κ1) is 19.1. The monoisotopic (exact) mass is 457 g/mol. The van der Waals surface area contributed by atoms with Crippen molar-refractivity contribution in [2.75, 3.05) is 18.2 Å². The van der Waals surface area contributed by atoms with Crippen LogP contribution in [0.15, 0.2) is 46.9 Å². The van der Waals surface area contributed by atoms with Gasteiger partial charge in [0.05, 0.1) is 34.0 Å². The van der Waals surface area contributed by atoms with Gasteiger partial charge in [-0.05, 0) is 59.1 Å². The van der Waals surface area contributed by atoms with Gasteiger partial charge in [0.25, 0.3) is 0 Å². The third-order valence-electron chi connectivity index (χ3n) is 4.83. The van der Waals surface area contributed by atoms with Crippen molar-refractivity contribution in [2.45, 2.75) is 19.1 Å². The fourth-order valence-corrected chi connectivity index (χ4v) is 5.20. The Morgan fingerprint density at radius 1 is 1.25 bits per heavy atom. The Morgan fingerprint density at radius 2 is 2.04 bits per heavy atom. The number of hydrogen-bond acceptors (Lipinski definition) is 4. The van der Waals surface area contributed by atoms with E-state index in [0.29, 0.717) is 5.75 Å². The minimum Gasteiger partial charge on any atom is -0.496 e. The van der Waals surface area contributed by atoms with Crippen LogP contribution in [0.5, 0.6) is 5.75 Å². The Morgan fingerprint density at radius 3 is 2.75 bits per heavy atom. The maximum absolute atomic E-state index is 12.5. The minimum atomic E-state index is -0.0175. The molecule has 5 nitrogen and oxygen atoms in total. The number of anilines is 1. The van der Waals surface area contributed by atoms with Gasteiger partial charge < -0.3 is 10.1 Å². The van der Waals surface area contributed by atoms with Gasteiger partial charge in [0.2, 0.25) is 5.91 Å². The lowest BCUT2D eigenvalue weighted by molar-refractivity contribution is -0.113. The molecule has 7 heteroatoms. The first-order chi connectivity index (χ1) is 13.5. The smallest absolute Gasteiger partial charge is 0.235 e. The third kappa shape index (κ3) is 3.33. The molecule has 3 aromatic rings. The summed E-state index contributed by atoms with van der Waals surface area (Å²) in [6.07, 6.45) is 0. The molecule has 1 amide bonds. The largest absolute Gasteiger partial charge is 0.496 e. The van der Waals surface area contributed by atoms with Crippen molar-refractivity contribution >= 4 is 39.4 Å². The predicted molar refractivity (Wildman–Crippen MR) is 117 cm³/mol. The molecular weight excluding hydrogens is 438 g/mol. The number of halogens is 1. The molecule has 1 aliphatic heterocycles. The summed E-state index contributed by atoms with van der Waals surface area (Å²) < 4.78 is 8.11. The highest BCUT2D eigenvalue weighted by molar-refractivity contribution is 9.10.